The van der Waals surface area contributed by atoms with Crippen molar-refractivity contribution in [2.75, 3.05) is 0 Å². The van der Waals surface area contributed by atoms with E-state index in [1.165, 1.54) is 17.3 Å². The number of hydrogen-bond acceptors (Lipinski definition) is 7. The van der Waals surface area contributed by atoms with Crippen molar-refractivity contribution in [3.05, 3.63) is 191 Å². The Morgan fingerprint density at radius 3 is 1.53 bits per heavy atom. The first-order valence-electron chi connectivity index (χ1n) is 16.3. The molecule has 0 aliphatic carbocycles. The van der Waals surface area contributed by atoms with Gasteiger partial charge in [0, 0.05) is 82.4 Å². The van der Waals surface area contributed by atoms with Crippen molar-refractivity contribution < 1.29 is 9.59 Å². The van der Waals surface area contributed by atoms with Crippen LogP contribution in [-0.2, 0) is 19.4 Å². The summed E-state index contributed by atoms with van der Waals surface area (Å²) in [6.45, 7) is 0.640. The summed E-state index contributed by atoms with van der Waals surface area (Å²) in [5.74, 6) is -0.139. The van der Waals surface area contributed by atoms with Gasteiger partial charge in [-0.2, -0.15) is 0 Å². The van der Waals surface area contributed by atoms with Gasteiger partial charge < -0.3 is 15.7 Å². The lowest BCUT2D eigenvalue weighted by atomic mass is 10.0. The fourth-order valence-electron chi connectivity index (χ4n) is 5.35. The molecule has 8 aromatic rings. The molecule has 4 N–H and O–H groups in total. The predicted octanol–water partition coefficient (Wildman–Crippen LogP) is 9.23. The number of aromatic amines is 2. The molecule has 0 spiro atoms. The summed E-state index contributed by atoms with van der Waals surface area (Å²) in [6.07, 6.45) is 11.7. The number of aromatic nitrogens is 6. The van der Waals surface area contributed by atoms with Gasteiger partial charge in [-0.05, 0) is 72.5 Å². The molecule has 0 saturated carbocycles. The van der Waals surface area contributed by atoms with Gasteiger partial charge in [0.05, 0.1) is 0 Å². The predicted molar refractivity (Wildman–Crippen MR) is 214 cm³/mol. The Morgan fingerprint density at radius 1 is 0.566 bits per heavy atom. The Balaban J connectivity index is 0.000000196. The molecule has 0 fully saturated rings. The normalized spacial score (nSPS) is 10.2. The molecule has 2 aromatic carbocycles. The van der Waals surface area contributed by atoms with E-state index < -0.39 is 0 Å². The summed E-state index contributed by atoms with van der Waals surface area (Å²) in [5.41, 5.74) is 12.5. The van der Waals surface area contributed by atoms with Crippen molar-refractivity contribution in [3.63, 3.8) is 0 Å². The molecule has 10 heteroatoms. The Kier molecular flexibility index (Phi) is 14.4. The monoisotopic (exact) mass is 723 g/mol. The molecular weight excluding hydrogens is 682 g/mol. The van der Waals surface area contributed by atoms with Crippen molar-refractivity contribution in [2.24, 2.45) is 5.73 Å². The third-order valence-corrected chi connectivity index (χ3v) is 8.28. The van der Waals surface area contributed by atoms with E-state index in [1.54, 1.807) is 49.2 Å². The molecule has 6 aromatic heterocycles. The van der Waals surface area contributed by atoms with Crippen LogP contribution in [0.2, 0.25) is 5.15 Å². The van der Waals surface area contributed by atoms with E-state index in [1.807, 2.05) is 78.9 Å². The molecule has 0 bridgehead atoms. The topological polar surface area (TPSA) is 143 Å². The standard InChI is InChI=1S/C21H17N3O.C13H8ClN3O.C7H9N.2CH4/c25-20(19-14-24-21-18(19)7-4-12-22-21)16-9-11-17(23-13-16)10-8-15-5-2-1-3-6-15;14-11-4-3-8(6-16-11)12(18)10-7-17-13-9(10)2-1-5-15-13;8-6-7-4-2-1-3-5-7;;/h1-7,9,11-14H,8,10H2,(H,22,24);1-7H,(H,15,17);1-5H,6,8H2;2*1H4. The molecule has 0 amide bonds. The molecule has 0 saturated heterocycles. The van der Waals surface area contributed by atoms with Gasteiger partial charge in [-0.3, -0.25) is 14.6 Å². The number of nitrogens with two attached hydrogens (primary N) is 1. The van der Waals surface area contributed by atoms with Gasteiger partial charge in [0.2, 0.25) is 0 Å². The molecule has 268 valence electrons. The van der Waals surface area contributed by atoms with Crippen LogP contribution in [0.25, 0.3) is 22.1 Å². The minimum absolute atomic E-state index is 0. The maximum absolute atomic E-state index is 12.7. The Labute approximate surface area is 314 Å². The summed E-state index contributed by atoms with van der Waals surface area (Å²) in [6, 6.07) is 34.7. The molecule has 6 heterocycles. The van der Waals surface area contributed by atoms with E-state index in [4.69, 9.17) is 17.3 Å². The number of carbonyl (C=O) groups is 2. The summed E-state index contributed by atoms with van der Waals surface area (Å²) < 4.78 is 0. The minimum atomic E-state index is -0.0987. The van der Waals surface area contributed by atoms with Crippen molar-refractivity contribution in [3.8, 4) is 0 Å². The number of rotatable bonds is 8. The van der Waals surface area contributed by atoms with E-state index in [2.05, 4.69) is 42.0 Å². The maximum Gasteiger partial charge on any atom is 0.196 e. The van der Waals surface area contributed by atoms with E-state index in [0.717, 1.165) is 35.0 Å². The number of nitrogens with one attached hydrogen (secondary N) is 2. The van der Waals surface area contributed by atoms with Gasteiger partial charge in [0.1, 0.15) is 16.4 Å². The molecule has 0 unspecified atom stereocenters. The van der Waals surface area contributed by atoms with Crippen LogP contribution in [0.3, 0.4) is 0 Å². The zero-order chi connectivity index (χ0) is 35.4. The Hall–Kier alpha value is -6.29. The second kappa shape index (κ2) is 19.4. The van der Waals surface area contributed by atoms with Gasteiger partial charge in [-0.1, -0.05) is 87.1 Å². The number of hydrogen-bond donors (Lipinski definition) is 3. The summed E-state index contributed by atoms with van der Waals surface area (Å²) in [5, 5.41) is 2.00. The van der Waals surface area contributed by atoms with E-state index in [9.17, 15) is 9.59 Å². The van der Waals surface area contributed by atoms with Crippen LogP contribution in [0.5, 0.6) is 0 Å². The summed E-state index contributed by atoms with van der Waals surface area (Å²) in [7, 11) is 0. The SMILES string of the molecule is C.C.NCc1ccccc1.O=C(c1ccc(CCc2ccccc2)nc1)c1c[nH]c2ncccc12.O=C(c1ccc(Cl)nc1)c1c[nH]c2ncccc12. The fourth-order valence-corrected chi connectivity index (χ4v) is 5.46. The molecule has 0 aliphatic rings. The highest BCUT2D eigenvalue weighted by molar-refractivity contribution is 6.29. The number of H-pyrrole nitrogens is 2. The zero-order valence-electron chi connectivity index (χ0n) is 27.5. The third-order valence-electron chi connectivity index (χ3n) is 8.06. The van der Waals surface area contributed by atoms with E-state index >= 15 is 0 Å². The average molecular weight is 724 g/mol. The number of halogens is 1. The van der Waals surface area contributed by atoms with Crippen molar-refractivity contribution >= 4 is 45.2 Å². The van der Waals surface area contributed by atoms with Crippen molar-refractivity contribution in [1.82, 2.24) is 29.9 Å². The second-order valence-corrected chi connectivity index (χ2v) is 11.8. The molecule has 0 radical (unpaired) electrons. The Morgan fingerprint density at radius 2 is 1.08 bits per heavy atom. The van der Waals surface area contributed by atoms with Crippen LogP contribution in [0, 0.1) is 0 Å². The van der Waals surface area contributed by atoms with Gasteiger partial charge in [-0.15, -0.1) is 0 Å². The second-order valence-electron chi connectivity index (χ2n) is 11.4. The molecule has 0 atom stereocenters. The van der Waals surface area contributed by atoms with Crippen LogP contribution in [-0.4, -0.2) is 41.5 Å². The van der Waals surface area contributed by atoms with E-state index in [-0.39, 0.29) is 26.4 Å². The van der Waals surface area contributed by atoms with Crippen molar-refractivity contribution in [2.45, 2.75) is 34.2 Å². The van der Waals surface area contributed by atoms with E-state index in [0.29, 0.717) is 39.6 Å². The molecule has 53 heavy (non-hydrogen) atoms. The highest BCUT2D eigenvalue weighted by atomic mass is 35.5. The number of benzene rings is 2. The van der Waals surface area contributed by atoms with Gasteiger partial charge >= 0.3 is 0 Å². The van der Waals surface area contributed by atoms with Crippen LogP contribution < -0.4 is 5.73 Å². The fraction of sp³-hybridized carbons (Fsp3) is 0.116. The Bertz CT molecular complexity index is 2340. The van der Waals surface area contributed by atoms with Crippen LogP contribution in [0.4, 0.5) is 0 Å². The summed E-state index contributed by atoms with van der Waals surface area (Å²) >= 11 is 5.70. The zero-order valence-corrected chi connectivity index (χ0v) is 28.3. The number of pyridine rings is 4. The van der Waals surface area contributed by atoms with Gasteiger partial charge in [0.25, 0.3) is 0 Å². The molecule has 8 rings (SSSR count). The number of aryl methyl sites for hydroxylation is 2. The third kappa shape index (κ3) is 10.2. The number of ketones is 2. The number of carbonyl (C=O) groups excluding carboxylic acids is 2. The molecule has 0 aliphatic heterocycles. The lowest BCUT2D eigenvalue weighted by Gasteiger charge is -2.03. The summed E-state index contributed by atoms with van der Waals surface area (Å²) in [4.78, 5) is 47.8. The minimum Gasteiger partial charge on any atom is -0.345 e. The van der Waals surface area contributed by atoms with Crippen LogP contribution in [0.1, 0.15) is 63.5 Å². The lowest BCUT2D eigenvalue weighted by molar-refractivity contribution is 0.103. The van der Waals surface area contributed by atoms with Gasteiger partial charge in [-0.25, -0.2) is 15.0 Å². The van der Waals surface area contributed by atoms with Crippen LogP contribution in [0.15, 0.2) is 146 Å². The number of fused-ring (bicyclic) bond motifs is 2. The lowest BCUT2D eigenvalue weighted by Crippen LogP contribution is -2.03. The maximum atomic E-state index is 12.7. The quantitative estimate of drug-likeness (QED) is 0.105. The highest BCUT2D eigenvalue weighted by Crippen LogP contribution is 2.21. The average Bonchev–Trinajstić information content (AvgIpc) is 3.83. The van der Waals surface area contributed by atoms with Crippen LogP contribution >= 0.6 is 11.6 Å². The van der Waals surface area contributed by atoms with Gasteiger partial charge in [0.15, 0.2) is 11.6 Å². The van der Waals surface area contributed by atoms with Crippen molar-refractivity contribution in [1.29, 1.82) is 0 Å². The molecular formula is C43H42ClN7O2. The smallest absolute Gasteiger partial charge is 0.196 e. The first-order chi connectivity index (χ1) is 25.0. The number of nitrogens with zero attached hydrogens (tertiary/aromatic N) is 4. The largest absolute Gasteiger partial charge is 0.345 e. The highest BCUT2D eigenvalue weighted by Gasteiger charge is 2.16. The first kappa shape index (κ1) is 39.5. The first-order valence-corrected chi connectivity index (χ1v) is 16.7. The molecule has 9 nitrogen and oxygen atoms in total.